The molecule has 4 aromatic carbocycles. The quantitative estimate of drug-likeness (QED) is 0.102. The molecular formula is C42H36F6N4O8. The van der Waals surface area contributed by atoms with E-state index >= 15 is 0 Å². The predicted octanol–water partition coefficient (Wildman–Crippen LogP) is 7.72. The monoisotopic (exact) mass is 838 g/mol. The number of carbonyl (C=O) groups is 4. The number of aromatic nitrogens is 2. The van der Waals surface area contributed by atoms with Crippen LogP contribution in [0.25, 0.3) is 21.8 Å². The normalized spacial score (nSPS) is 13.4. The second-order valence-electron chi connectivity index (χ2n) is 13.9. The van der Waals surface area contributed by atoms with Crippen molar-refractivity contribution in [3.8, 4) is 23.0 Å². The third kappa shape index (κ3) is 7.79. The van der Waals surface area contributed by atoms with Crippen molar-refractivity contribution >= 4 is 45.4 Å². The van der Waals surface area contributed by atoms with Gasteiger partial charge in [-0.2, -0.15) is 0 Å². The maximum atomic E-state index is 14.7. The zero-order valence-corrected chi connectivity index (χ0v) is 32.4. The molecule has 0 saturated heterocycles. The number of hydrogen-bond acceptors (Lipinski definition) is 8. The van der Waals surface area contributed by atoms with Gasteiger partial charge in [0.2, 0.25) is 11.8 Å². The number of fused-ring (bicyclic) bond motifs is 2. The summed E-state index contributed by atoms with van der Waals surface area (Å²) < 4.78 is 87.6. The summed E-state index contributed by atoms with van der Waals surface area (Å²) in [6.45, 7) is 6.09. The molecule has 12 nitrogen and oxygen atoms in total. The van der Waals surface area contributed by atoms with Crippen LogP contribution in [0.2, 0.25) is 0 Å². The van der Waals surface area contributed by atoms with Crippen molar-refractivity contribution in [3.63, 3.8) is 0 Å². The van der Waals surface area contributed by atoms with E-state index in [9.17, 15) is 55.7 Å². The second kappa shape index (κ2) is 15.6. The minimum absolute atomic E-state index is 0.0570. The van der Waals surface area contributed by atoms with Gasteiger partial charge >= 0.3 is 12.7 Å². The molecule has 314 valence electrons. The summed E-state index contributed by atoms with van der Waals surface area (Å²) in [5.74, 6) is -6.33. The largest absolute Gasteiger partial charge is 0.573 e. The SMILES string of the molecule is CCNC(=O)C(c1c(C)n(C(=O)c2ccc(OC(F)(F)F)cc2)c2ccc(O)cc12)C(C)(C(=O)NC)c1c(C)n(C(=O)c2ccc(OC(F)(F)F)cc2)c2ccc(O)cc12. The summed E-state index contributed by atoms with van der Waals surface area (Å²) in [6.07, 6.45) is -9.98. The van der Waals surface area contributed by atoms with E-state index in [1.54, 1.807) is 6.92 Å². The molecule has 2 unspecified atom stereocenters. The number of ether oxygens (including phenoxy) is 2. The summed E-state index contributed by atoms with van der Waals surface area (Å²) in [5.41, 5.74) is -1.57. The van der Waals surface area contributed by atoms with Crippen LogP contribution in [0.5, 0.6) is 23.0 Å². The number of amides is 2. The van der Waals surface area contributed by atoms with Crippen LogP contribution in [0.4, 0.5) is 26.3 Å². The van der Waals surface area contributed by atoms with Crippen molar-refractivity contribution in [2.24, 2.45) is 0 Å². The van der Waals surface area contributed by atoms with Gasteiger partial charge in [-0.1, -0.05) is 0 Å². The Morgan fingerprint density at radius 3 is 1.55 bits per heavy atom. The molecule has 0 radical (unpaired) electrons. The molecule has 0 spiro atoms. The third-order valence-electron chi connectivity index (χ3n) is 10.2. The second-order valence-corrected chi connectivity index (χ2v) is 13.9. The van der Waals surface area contributed by atoms with Gasteiger partial charge < -0.3 is 30.3 Å². The first-order chi connectivity index (χ1) is 28.1. The zero-order chi connectivity index (χ0) is 44.1. The molecule has 0 saturated carbocycles. The van der Waals surface area contributed by atoms with Gasteiger partial charge in [0.25, 0.3) is 11.8 Å². The first-order valence-electron chi connectivity index (χ1n) is 18.1. The Balaban J connectivity index is 1.62. The van der Waals surface area contributed by atoms with Crippen molar-refractivity contribution in [3.05, 3.63) is 119 Å². The highest BCUT2D eigenvalue weighted by atomic mass is 19.4. The number of alkyl halides is 6. The predicted molar refractivity (Wildman–Crippen MR) is 205 cm³/mol. The Labute approximate surface area is 336 Å². The molecule has 6 aromatic rings. The van der Waals surface area contributed by atoms with Gasteiger partial charge in [0, 0.05) is 46.9 Å². The Hall–Kier alpha value is -6.98. The highest BCUT2D eigenvalue weighted by Gasteiger charge is 2.52. The van der Waals surface area contributed by atoms with Crippen molar-refractivity contribution in [2.45, 2.75) is 51.8 Å². The maximum Gasteiger partial charge on any atom is 0.573 e. The molecule has 0 aliphatic rings. The van der Waals surface area contributed by atoms with Crippen LogP contribution in [0, 0.1) is 13.8 Å². The number of aromatic hydroxyl groups is 2. The van der Waals surface area contributed by atoms with Crippen LogP contribution >= 0.6 is 0 Å². The third-order valence-corrected chi connectivity index (χ3v) is 10.2. The molecule has 4 N–H and O–H groups in total. The van der Waals surface area contributed by atoms with E-state index < -0.39 is 59.2 Å². The van der Waals surface area contributed by atoms with E-state index in [0.717, 1.165) is 48.5 Å². The fraction of sp³-hybridized carbons (Fsp3) is 0.238. The van der Waals surface area contributed by atoms with Crippen molar-refractivity contribution in [1.29, 1.82) is 0 Å². The van der Waals surface area contributed by atoms with Crippen LogP contribution in [0.3, 0.4) is 0 Å². The summed E-state index contributed by atoms with van der Waals surface area (Å²) in [5, 5.41) is 27.2. The minimum Gasteiger partial charge on any atom is -0.508 e. The molecule has 0 aliphatic carbocycles. The van der Waals surface area contributed by atoms with Gasteiger partial charge in [-0.3, -0.25) is 28.3 Å². The summed E-state index contributed by atoms with van der Waals surface area (Å²) in [7, 11) is 1.31. The molecular weight excluding hydrogens is 802 g/mol. The first-order valence-corrected chi connectivity index (χ1v) is 18.1. The van der Waals surface area contributed by atoms with Crippen LogP contribution in [-0.2, 0) is 15.0 Å². The number of nitrogens with zero attached hydrogens (tertiary/aromatic N) is 2. The number of likely N-dealkylation sites (N-methyl/N-ethyl adjacent to an activating group) is 2. The minimum atomic E-state index is -4.99. The van der Waals surface area contributed by atoms with Gasteiger partial charge in [-0.25, -0.2) is 0 Å². The fourth-order valence-corrected chi connectivity index (χ4v) is 7.84. The molecule has 2 amide bonds. The van der Waals surface area contributed by atoms with Gasteiger partial charge in [0.15, 0.2) is 0 Å². The van der Waals surface area contributed by atoms with Gasteiger partial charge in [-0.15, -0.1) is 26.3 Å². The highest BCUT2D eigenvalue weighted by Crippen LogP contribution is 2.49. The number of phenols is 2. The summed E-state index contributed by atoms with van der Waals surface area (Å²) in [4.78, 5) is 58.0. The van der Waals surface area contributed by atoms with Gasteiger partial charge in [-0.05, 0) is 124 Å². The summed E-state index contributed by atoms with van der Waals surface area (Å²) >= 11 is 0. The summed E-state index contributed by atoms with van der Waals surface area (Å²) in [6, 6.07) is 16.2. The molecule has 0 fully saturated rings. The Morgan fingerprint density at radius 1 is 0.683 bits per heavy atom. The molecule has 2 heterocycles. The topological polar surface area (TPSA) is 161 Å². The van der Waals surface area contributed by atoms with Crippen LogP contribution in [0.1, 0.15) is 63.0 Å². The Bertz CT molecular complexity index is 2670. The molecule has 6 rings (SSSR count). The van der Waals surface area contributed by atoms with Crippen molar-refractivity contribution < 1.29 is 65.2 Å². The van der Waals surface area contributed by atoms with Crippen LogP contribution < -0.4 is 20.1 Å². The smallest absolute Gasteiger partial charge is 0.508 e. The molecule has 18 heteroatoms. The zero-order valence-electron chi connectivity index (χ0n) is 32.4. The molecule has 2 aromatic heterocycles. The lowest BCUT2D eigenvalue weighted by Crippen LogP contribution is -2.51. The molecule has 60 heavy (non-hydrogen) atoms. The van der Waals surface area contributed by atoms with E-state index in [4.69, 9.17) is 0 Å². The number of halogens is 6. The number of benzene rings is 4. The van der Waals surface area contributed by atoms with Crippen molar-refractivity contribution in [1.82, 2.24) is 19.8 Å². The van der Waals surface area contributed by atoms with E-state index in [0.29, 0.717) is 0 Å². The van der Waals surface area contributed by atoms with Crippen molar-refractivity contribution in [2.75, 3.05) is 13.6 Å². The number of nitrogens with one attached hydrogen (secondary N) is 2. The lowest BCUT2D eigenvalue weighted by molar-refractivity contribution is -0.275. The molecule has 0 aliphatic heterocycles. The molecule has 2 atom stereocenters. The number of carbonyl (C=O) groups excluding carboxylic acids is 4. The number of phenolic OH excluding ortho intramolecular Hbond substituents is 2. The fourth-order valence-electron chi connectivity index (χ4n) is 7.84. The van der Waals surface area contributed by atoms with Crippen LogP contribution in [0.15, 0.2) is 84.9 Å². The average molecular weight is 839 g/mol. The van der Waals surface area contributed by atoms with Crippen LogP contribution in [-0.4, -0.2) is 69.3 Å². The van der Waals surface area contributed by atoms with Gasteiger partial charge in [0.1, 0.15) is 23.0 Å². The standard InChI is InChI=1S/C42H36F6N4O8/c1-6-50-36(55)35(33-21(2)51(31-17-11-25(53)19-29(31)33)37(56)23-7-13-27(14-8-23)59-41(43,44)45)40(4,39(58)49-5)34-22(3)52(32-18-12-26(54)20-30(32)34)38(57)24-9-15-28(16-10-24)60-42(46,47)48/h7-20,35,53-54H,6H2,1-5H3,(H,49,58)(H,50,55). The average Bonchev–Trinajstić information content (AvgIpc) is 3.61. The Morgan fingerprint density at radius 2 is 1.12 bits per heavy atom. The van der Waals surface area contributed by atoms with Gasteiger partial charge in [0.05, 0.1) is 22.4 Å². The highest BCUT2D eigenvalue weighted by molar-refractivity contribution is 6.10. The number of rotatable bonds is 10. The van der Waals surface area contributed by atoms with E-state index in [1.807, 2.05) is 0 Å². The lowest BCUT2D eigenvalue weighted by atomic mass is 9.66. The number of hydrogen-bond donors (Lipinski definition) is 4. The lowest BCUT2D eigenvalue weighted by Gasteiger charge is -2.36. The Kier molecular flexibility index (Phi) is 11.1. The van der Waals surface area contributed by atoms with E-state index in [1.165, 1.54) is 73.4 Å². The van der Waals surface area contributed by atoms with E-state index in [2.05, 4.69) is 20.1 Å². The van der Waals surface area contributed by atoms with E-state index in [-0.39, 0.29) is 73.5 Å². The maximum absolute atomic E-state index is 14.7. The molecule has 0 bridgehead atoms. The first kappa shape index (κ1) is 42.6.